The van der Waals surface area contributed by atoms with Crippen LogP contribution in [0.1, 0.15) is 18.4 Å². The first-order chi connectivity index (χ1) is 13.1. The second-order valence-corrected chi connectivity index (χ2v) is 6.24. The summed E-state index contributed by atoms with van der Waals surface area (Å²) in [6.45, 7) is 0.941. The zero-order chi connectivity index (χ0) is 19.1. The molecular formula is C20H22N4O3. The van der Waals surface area contributed by atoms with E-state index < -0.39 is 11.9 Å². The monoisotopic (exact) mass is 366 g/mol. The number of imide groups is 1. The summed E-state index contributed by atoms with van der Waals surface area (Å²) in [6, 6.07) is 16.2. The van der Waals surface area contributed by atoms with E-state index in [4.69, 9.17) is 0 Å². The fourth-order valence-corrected chi connectivity index (χ4v) is 2.93. The summed E-state index contributed by atoms with van der Waals surface area (Å²) in [6.07, 6.45) is 1.37. The minimum atomic E-state index is -0.548. The number of benzene rings is 2. The van der Waals surface area contributed by atoms with Crippen LogP contribution in [0.5, 0.6) is 0 Å². The molecular weight excluding hydrogens is 344 g/mol. The van der Waals surface area contributed by atoms with Crippen molar-refractivity contribution in [3.8, 4) is 0 Å². The van der Waals surface area contributed by atoms with Gasteiger partial charge in [-0.3, -0.25) is 14.9 Å². The van der Waals surface area contributed by atoms with Crippen molar-refractivity contribution >= 4 is 29.2 Å². The van der Waals surface area contributed by atoms with Gasteiger partial charge in [-0.05, 0) is 24.1 Å². The molecule has 1 aliphatic rings. The van der Waals surface area contributed by atoms with Gasteiger partial charge in [-0.1, -0.05) is 42.5 Å². The van der Waals surface area contributed by atoms with Crippen molar-refractivity contribution in [2.75, 3.05) is 23.3 Å². The van der Waals surface area contributed by atoms with E-state index in [2.05, 4.69) is 16.0 Å². The Morgan fingerprint density at radius 1 is 1.00 bits per heavy atom. The molecule has 0 unspecified atom stereocenters. The molecule has 0 aliphatic carbocycles. The van der Waals surface area contributed by atoms with E-state index in [0.29, 0.717) is 25.2 Å². The molecule has 0 bridgehead atoms. The molecule has 4 amide bonds. The van der Waals surface area contributed by atoms with Crippen LogP contribution in [0.25, 0.3) is 0 Å². The standard InChI is InChI=1S/C20H22N4O3/c25-18(23-20(27)22-13-15-7-2-1-3-8-15)14-21-16-9-4-5-10-17(16)24-12-6-11-19(24)26/h1-5,7-10,21H,6,11-14H2,(H2,22,23,25,27). The summed E-state index contributed by atoms with van der Waals surface area (Å²) in [5, 5.41) is 7.93. The van der Waals surface area contributed by atoms with Crippen molar-refractivity contribution < 1.29 is 14.4 Å². The number of urea groups is 1. The van der Waals surface area contributed by atoms with Crippen molar-refractivity contribution in [2.24, 2.45) is 0 Å². The van der Waals surface area contributed by atoms with Crippen LogP contribution in [0.4, 0.5) is 16.2 Å². The molecule has 0 aromatic heterocycles. The predicted molar refractivity (Wildman–Crippen MR) is 103 cm³/mol. The summed E-state index contributed by atoms with van der Waals surface area (Å²) in [4.78, 5) is 37.5. The van der Waals surface area contributed by atoms with Crippen LogP contribution in [0.3, 0.4) is 0 Å². The Morgan fingerprint density at radius 2 is 1.74 bits per heavy atom. The Bertz CT molecular complexity index is 823. The number of nitrogens with zero attached hydrogens (tertiary/aromatic N) is 1. The van der Waals surface area contributed by atoms with Crippen LogP contribution in [-0.4, -0.2) is 30.9 Å². The van der Waals surface area contributed by atoms with E-state index in [1.807, 2.05) is 54.6 Å². The van der Waals surface area contributed by atoms with Crippen LogP contribution < -0.4 is 20.9 Å². The lowest BCUT2D eigenvalue weighted by Crippen LogP contribution is -2.41. The van der Waals surface area contributed by atoms with Crippen molar-refractivity contribution in [3.05, 3.63) is 60.2 Å². The maximum atomic E-state index is 12.0. The van der Waals surface area contributed by atoms with Gasteiger partial charge in [0.2, 0.25) is 11.8 Å². The number of carbonyl (C=O) groups excluding carboxylic acids is 3. The molecule has 2 aromatic carbocycles. The quantitative estimate of drug-likeness (QED) is 0.731. The number of hydrogen-bond acceptors (Lipinski definition) is 4. The molecule has 27 heavy (non-hydrogen) atoms. The molecule has 7 nitrogen and oxygen atoms in total. The summed E-state index contributed by atoms with van der Waals surface area (Å²) in [5.41, 5.74) is 2.39. The van der Waals surface area contributed by atoms with E-state index >= 15 is 0 Å². The summed E-state index contributed by atoms with van der Waals surface area (Å²) < 4.78 is 0. The van der Waals surface area contributed by atoms with Gasteiger partial charge in [-0.15, -0.1) is 0 Å². The fraction of sp³-hybridized carbons (Fsp3) is 0.250. The van der Waals surface area contributed by atoms with Crippen LogP contribution in [0.15, 0.2) is 54.6 Å². The lowest BCUT2D eigenvalue weighted by atomic mass is 10.2. The lowest BCUT2D eigenvalue weighted by Gasteiger charge is -2.20. The Labute approximate surface area is 157 Å². The fourth-order valence-electron chi connectivity index (χ4n) is 2.93. The molecule has 1 heterocycles. The lowest BCUT2D eigenvalue weighted by molar-refractivity contribution is -0.118. The zero-order valence-electron chi connectivity index (χ0n) is 14.9. The number of hydrogen-bond donors (Lipinski definition) is 3. The normalized spacial score (nSPS) is 13.3. The van der Waals surface area contributed by atoms with E-state index in [-0.39, 0.29) is 12.5 Å². The van der Waals surface area contributed by atoms with Crippen LogP contribution >= 0.6 is 0 Å². The average Bonchev–Trinajstić information content (AvgIpc) is 3.11. The predicted octanol–water partition coefficient (Wildman–Crippen LogP) is 2.25. The second-order valence-electron chi connectivity index (χ2n) is 6.24. The first kappa shape index (κ1) is 18.4. The smallest absolute Gasteiger partial charge is 0.321 e. The van der Waals surface area contributed by atoms with Crippen LogP contribution in [0, 0.1) is 0 Å². The number of anilines is 2. The largest absolute Gasteiger partial charge is 0.374 e. The van der Waals surface area contributed by atoms with Gasteiger partial charge >= 0.3 is 6.03 Å². The third kappa shape index (κ3) is 5.07. The molecule has 0 spiro atoms. The minimum absolute atomic E-state index is 0.0716. The minimum Gasteiger partial charge on any atom is -0.374 e. The third-order valence-electron chi connectivity index (χ3n) is 4.26. The van der Waals surface area contributed by atoms with Crippen LogP contribution in [0.2, 0.25) is 0 Å². The van der Waals surface area contributed by atoms with Gasteiger partial charge in [-0.25, -0.2) is 4.79 Å². The summed E-state index contributed by atoms with van der Waals surface area (Å²) in [5.74, 6) is -0.378. The first-order valence-corrected chi connectivity index (χ1v) is 8.88. The number of rotatable bonds is 6. The van der Waals surface area contributed by atoms with Gasteiger partial charge in [0.05, 0.1) is 17.9 Å². The third-order valence-corrected chi connectivity index (χ3v) is 4.26. The molecule has 7 heteroatoms. The SMILES string of the molecule is O=C(CNc1ccccc1N1CCCC1=O)NC(=O)NCc1ccccc1. The topological polar surface area (TPSA) is 90.5 Å². The second kappa shape index (κ2) is 8.84. The molecule has 140 valence electrons. The molecule has 1 fully saturated rings. The van der Waals surface area contributed by atoms with Crippen molar-refractivity contribution in [2.45, 2.75) is 19.4 Å². The number of amides is 4. The number of nitrogens with one attached hydrogen (secondary N) is 3. The van der Waals surface area contributed by atoms with E-state index in [9.17, 15) is 14.4 Å². The molecule has 0 atom stereocenters. The molecule has 3 N–H and O–H groups in total. The molecule has 1 saturated heterocycles. The molecule has 2 aromatic rings. The van der Waals surface area contributed by atoms with E-state index in [0.717, 1.165) is 17.7 Å². The van der Waals surface area contributed by atoms with Gasteiger partial charge in [-0.2, -0.15) is 0 Å². The van der Waals surface area contributed by atoms with Crippen molar-refractivity contribution in [1.29, 1.82) is 0 Å². The number of para-hydroxylation sites is 2. The Hall–Kier alpha value is -3.35. The molecule has 1 aliphatic heterocycles. The molecule has 3 rings (SSSR count). The highest BCUT2D eigenvalue weighted by atomic mass is 16.2. The zero-order valence-corrected chi connectivity index (χ0v) is 14.9. The van der Waals surface area contributed by atoms with Crippen molar-refractivity contribution in [1.82, 2.24) is 10.6 Å². The maximum Gasteiger partial charge on any atom is 0.321 e. The van der Waals surface area contributed by atoms with Gasteiger partial charge in [0.25, 0.3) is 0 Å². The van der Waals surface area contributed by atoms with E-state index in [1.54, 1.807) is 4.90 Å². The molecule has 0 radical (unpaired) electrons. The summed E-state index contributed by atoms with van der Waals surface area (Å²) in [7, 11) is 0. The maximum absolute atomic E-state index is 12.0. The van der Waals surface area contributed by atoms with Gasteiger partial charge in [0.1, 0.15) is 0 Å². The highest BCUT2D eigenvalue weighted by Gasteiger charge is 2.23. The average molecular weight is 366 g/mol. The first-order valence-electron chi connectivity index (χ1n) is 8.88. The Kier molecular flexibility index (Phi) is 6.04. The Balaban J connectivity index is 1.49. The van der Waals surface area contributed by atoms with Crippen molar-refractivity contribution in [3.63, 3.8) is 0 Å². The Morgan fingerprint density at radius 3 is 2.48 bits per heavy atom. The van der Waals surface area contributed by atoms with Gasteiger partial charge in [0, 0.05) is 19.5 Å². The van der Waals surface area contributed by atoms with E-state index in [1.165, 1.54) is 0 Å². The highest BCUT2D eigenvalue weighted by Crippen LogP contribution is 2.29. The highest BCUT2D eigenvalue weighted by molar-refractivity contribution is 6.00. The van der Waals surface area contributed by atoms with Crippen LogP contribution in [-0.2, 0) is 16.1 Å². The van der Waals surface area contributed by atoms with Gasteiger partial charge in [0.15, 0.2) is 0 Å². The molecule has 0 saturated carbocycles. The van der Waals surface area contributed by atoms with Gasteiger partial charge < -0.3 is 15.5 Å². The summed E-state index contributed by atoms with van der Waals surface area (Å²) >= 11 is 0. The number of carbonyl (C=O) groups is 3.